The minimum Gasteiger partial charge on any atom is -0.480 e. The smallest absolute Gasteiger partial charge is 0.341 e. The number of carbonyl (C=O) groups is 2. The van der Waals surface area contributed by atoms with Crippen LogP contribution in [0.4, 0.5) is 0 Å². The van der Waals surface area contributed by atoms with E-state index in [0.29, 0.717) is 15.8 Å². The molecule has 1 aromatic rings. The predicted octanol–water partition coefficient (Wildman–Crippen LogP) is 0.629. The van der Waals surface area contributed by atoms with Gasteiger partial charge in [0, 0.05) is 11.6 Å². The molecule has 0 heterocycles. The number of halogens is 2. The highest BCUT2D eigenvalue weighted by atomic mass is 35.5. The van der Waals surface area contributed by atoms with Crippen LogP contribution in [0.15, 0.2) is 18.2 Å². The topological polar surface area (TPSA) is 189 Å². The molecule has 0 fully saturated rings. The molecule has 0 bridgehead atoms. The van der Waals surface area contributed by atoms with Crippen LogP contribution in [-0.4, -0.2) is 103 Å². The number of aliphatic carboxylic acids is 2. The van der Waals surface area contributed by atoms with Crippen LogP contribution in [0.5, 0.6) is 5.75 Å². The molecule has 0 aliphatic carbocycles. The van der Waals surface area contributed by atoms with Crippen molar-refractivity contribution in [3.8, 4) is 5.75 Å². The monoisotopic (exact) mass is 523 g/mol. The van der Waals surface area contributed by atoms with E-state index in [0.717, 1.165) is 6.54 Å². The Morgan fingerprint density at radius 3 is 1.97 bits per heavy atom. The lowest BCUT2D eigenvalue weighted by atomic mass is 10.3. The van der Waals surface area contributed by atoms with Gasteiger partial charge in [-0.25, -0.2) is 4.79 Å². The molecular weight excluding hydrogens is 492 g/mol. The molecule has 0 amide bonds. The predicted molar refractivity (Wildman–Crippen MR) is 123 cm³/mol. The fourth-order valence-corrected chi connectivity index (χ4v) is 2.11. The van der Waals surface area contributed by atoms with Gasteiger partial charge in [0.2, 0.25) is 0 Å². The van der Waals surface area contributed by atoms with Crippen molar-refractivity contribution < 1.29 is 44.0 Å². The van der Waals surface area contributed by atoms with E-state index in [-0.39, 0.29) is 6.61 Å². The van der Waals surface area contributed by atoms with E-state index in [1.807, 2.05) is 33.1 Å². The summed E-state index contributed by atoms with van der Waals surface area (Å²) in [6.45, 7) is 0.166. The van der Waals surface area contributed by atoms with E-state index >= 15 is 0 Å². The first-order chi connectivity index (χ1) is 14.7. The zero-order valence-corrected chi connectivity index (χ0v) is 20.7. The van der Waals surface area contributed by atoms with Crippen molar-refractivity contribution in [1.82, 2.24) is 15.5 Å². The van der Waals surface area contributed by atoms with Crippen molar-refractivity contribution in [2.75, 3.05) is 60.8 Å². The molecule has 0 saturated heterocycles. The fourth-order valence-electron chi connectivity index (χ4n) is 1.24. The summed E-state index contributed by atoms with van der Waals surface area (Å²) >= 11 is 11.3. The van der Waals surface area contributed by atoms with Crippen LogP contribution >= 0.6 is 30.8 Å². The average Bonchev–Trinajstić information content (AvgIpc) is 2.61. The summed E-state index contributed by atoms with van der Waals surface area (Å²) in [6.07, 6.45) is -0.598. The average molecular weight is 524 g/mol. The van der Waals surface area contributed by atoms with Gasteiger partial charge in [-0.2, -0.15) is 0 Å². The molecule has 0 saturated carbocycles. The van der Waals surface area contributed by atoms with Crippen LogP contribution < -0.4 is 15.4 Å². The zero-order chi connectivity index (χ0) is 25.7. The molecule has 7 N–H and O–H groups in total. The number of aliphatic hydroxyl groups excluding tert-OH is 1. The maximum atomic E-state index is 10.2. The van der Waals surface area contributed by atoms with Crippen LogP contribution in [0.1, 0.15) is 0 Å². The van der Waals surface area contributed by atoms with Gasteiger partial charge in [-0.05, 0) is 46.4 Å². The summed E-state index contributed by atoms with van der Waals surface area (Å²) in [4.78, 5) is 38.2. The van der Waals surface area contributed by atoms with Gasteiger partial charge in [-0.15, -0.1) is 0 Å². The highest BCUT2D eigenvalue weighted by Gasteiger charge is 2.11. The summed E-state index contributed by atoms with van der Waals surface area (Å²) in [7, 11) is 3.51. The van der Waals surface area contributed by atoms with Crippen molar-refractivity contribution >= 4 is 42.7 Å². The van der Waals surface area contributed by atoms with E-state index in [4.69, 9.17) is 53.0 Å². The third-order valence-electron chi connectivity index (χ3n) is 2.39. The number of carboxylic acids is 2. The standard InChI is InChI=1S/C8H6Cl2O3.C4H11NO.C3H8NO5P.C2H7N/c9-5-1-2-7(6(10)3-5)13-4-8(11)12;1-5(2)3-4-6;5-3(6)1-4-2-10(7,8)9;1-3-2/h1-3H,4H2,(H,11,12);6H,3-4H2,1-2H3;4H,1-2H2,(H,5,6)(H2,7,8,9);3H,1-2H3. The number of benzene rings is 1. The van der Waals surface area contributed by atoms with Crippen LogP contribution in [0.2, 0.25) is 10.0 Å². The number of ether oxygens (including phenoxy) is 1. The van der Waals surface area contributed by atoms with E-state index in [1.54, 1.807) is 6.07 Å². The normalized spacial score (nSPS) is 9.94. The lowest BCUT2D eigenvalue weighted by Gasteiger charge is -2.04. The van der Waals surface area contributed by atoms with Crippen molar-refractivity contribution in [3.05, 3.63) is 28.2 Å². The molecule has 0 aliphatic rings. The van der Waals surface area contributed by atoms with Gasteiger partial charge in [0.15, 0.2) is 6.61 Å². The Kier molecular flexibility index (Phi) is 23.5. The molecule has 188 valence electrons. The molecule has 0 atom stereocenters. The number of nitrogens with one attached hydrogen (secondary N) is 2. The van der Waals surface area contributed by atoms with Crippen molar-refractivity contribution in [2.45, 2.75) is 0 Å². The molecule has 12 nitrogen and oxygen atoms in total. The minimum absolute atomic E-state index is 0.257. The molecule has 0 unspecified atom stereocenters. The summed E-state index contributed by atoms with van der Waals surface area (Å²) in [5.41, 5.74) is 0. The largest absolute Gasteiger partial charge is 0.480 e. The summed E-state index contributed by atoms with van der Waals surface area (Å²) in [5, 5.41) is 30.1. The van der Waals surface area contributed by atoms with Crippen LogP contribution in [0, 0.1) is 0 Å². The molecule has 0 aliphatic heterocycles. The number of nitrogens with zero attached hydrogens (tertiary/aromatic N) is 1. The van der Waals surface area contributed by atoms with Crippen LogP contribution in [-0.2, 0) is 14.2 Å². The van der Waals surface area contributed by atoms with E-state index in [2.05, 4.69) is 10.6 Å². The van der Waals surface area contributed by atoms with Gasteiger partial charge >= 0.3 is 19.5 Å². The number of hydrogen-bond donors (Lipinski definition) is 7. The van der Waals surface area contributed by atoms with Gasteiger partial charge in [0.05, 0.1) is 24.5 Å². The van der Waals surface area contributed by atoms with Crippen molar-refractivity contribution in [2.24, 2.45) is 0 Å². The third kappa shape index (κ3) is 30.7. The second kappa shape index (κ2) is 21.4. The van der Waals surface area contributed by atoms with Crippen molar-refractivity contribution in [1.29, 1.82) is 0 Å². The van der Waals surface area contributed by atoms with Crippen LogP contribution in [0.3, 0.4) is 0 Å². The maximum Gasteiger partial charge on any atom is 0.341 e. The number of carboxylic acid groups (broad SMARTS) is 2. The lowest BCUT2D eigenvalue weighted by Crippen LogP contribution is -2.23. The highest BCUT2D eigenvalue weighted by Crippen LogP contribution is 2.31. The molecule has 32 heavy (non-hydrogen) atoms. The summed E-state index contributed by atoms with van der Waals surface area (Å²) in [6, 6.07) is 4.58. The molecule has 15 heteroatoms. The Bertz CT molecular complexity index is 691. The Morgan fingerprint density at radius 2 is 1.66 bits per heavy atom. The first-order valence-electron chi connectivity index (χ1n) is 8.80. The second-order valence-electron chi connectivity index (χ2n) is 5.93. The van der Waals surface area contributed by atoms with Gasteiger partial charge < -0.3 is 40.1 Å². The van der Waals surface area contributed by atoms with Gasteiger partial charge in [0.25, 0.3) is 0 Å². The highest BCUT2D eigenvalue weighted by molar-refractivity contribution is 7.51. The van der Waals surface area contributed by atoms with E-state index in [9.17, 15) is 14.2 Å². The minimum atomic E-state index is -4.10. The maximum absolute atomic E-state index is 10.2. The summed E-state index contributed by atoms with van der Waals surface area (Å²) in [5.74, 6) is -1.88. The SMILES string of the molecule is CN(C)CCO.CNC.O=C(O)CNCP(=O)(O)O.O=C(O)COc1ccc(Cl)cc1Cl. The number of rotatable bonds is 9. The molecule has 0 aromatic heterocycles. The van der Waals surface area contributed by atoms with E-state index < -0.39 is 39.0 Å². The number of hydrogen-bond acceptors (Lipinski definition) is 8. The first-order valence-corrected chi connectivity index (χ1v) is 11.4. The summed E-state index contributed by atoms with van der Waals surface area (Å²) < 4.78 is 14.9. The Hall–Kier alpha value is -1.47. The molecule has 0 spiro atoms. The first kappa shape index (κ1) is 35.1. The zero-order valence-electron chi connectivity index (χ0n) is 18.3. The molecule has 1 rings (SSSR count). The molecular formula is C17H32Cl2N3O9P. The van der Waals surface area contributed by atoms with Gasteiger partial charge in [-0.3, -0.25) is 14.7 Å². The number of likely N-dealkylation sites (N-methyl/N-ethyl adjacent to an activating group) is 1. The molecule has 0 radical (unpaired) electrons. The van der Waals surface area contributed by atoms with Gasteiger partial charge in [-0.1, -0.05) is 23.2 Å². The van der Waals surface area contributed by atoms with E-state index in [1.165, 1.54) is 12.1 Å². The van der Waals surface area contributed by atoms with Crippen LogP contribution in [0.25, 0.3) is 0 Å². The Balaban J connectivity index is -0.000000393. The second-order valence-corrected chi connectivity index (χ2v) is 8.42. The Morgan fingerprint density at radius 1 is 1.12 bits per heavy atom. The lowest BCUT2D eigenvalue weighted by molar-refractivity contribution is -0.139. The number of aliphatic hydroxyl groups is 1. The quantitative estimate of drug-likeness (QED) is 0.224. The fraction of sp³-hybridized carbons (Fsp3) is 0.529. The van der Waals surface area contributed by atoms with Gasteiger partial charge in [0.1, 0.15) is 5.75 Å². The molecule has 1 aromatic carbocycles. The third-order valence-corrected chi connectivity index (χ3v) is 3.55. The Labute approximate surface area is 197 Å². The van der Waals surface area contributed by atoms with Crippen molar-refractivity contribution in [3.63, 3.8) is 0 Å².